The first-order valence-corrected chi connectivity index (χ1v) is 13.6. The molecule has 0 saturated carbocycles. The molecule has 212 valence electrons. The maximum absolute atomic E-state index is 11.7. The molecule has 0 spiro atoms. The van der Waals surface area contributed by atoms with Gasteiger partial charge in [0.25, 0.3) is 0 Å². The normalized spacial score (nSPS) is 29.9. The van der Waals surface area contributed by atoms with Crippen LogP contribution in [0.1, 0.15) is 40.5 Å². The van der Waals surface area contributed by atoms with Crippen molar-refractivity contribution in [1.29, 1.82) is 0 Å². The van der Waals surface area contributed by atoms with Crippen LogP contribution in [0.2, 0.25) is 0 Å². The molecule has 1 aliphatic carbocycles. The molecule has 11 heteroatoms. The number of anilines is 1. The highest BCUT2D eigenvalue weighted by atomic mass is 16.5. The van der Waals surface area contributed by atoms with Crippen molar-refractivity contribution in [2.45, 2.75) is 56.5 Å². The van der Waals surface area contributed by atoms with E-state index in [0.717, 1.165) is 32.7 Å². The van der Waals surface area contributed by atoms with Gasteiger partial charge in [0.2, 0.25) is 0 Å². The minimum absolute atomic E-state index is 0.174. The van der Waals surface area contributed by atoms with E-state index in [2.05, 4.69) is 21.0 Å². The zero-order valence-corrected chi connectivity index (χ0v) is 22.5. The third-order valence-electron chi connectivity index (χ3n) is 9.16. The number of hydrogen-bond donors (Lipinski definition) is 6. The van der Waals surface area contributed by atoms with Crippen molar-refractivity contribution in [3.05, 3.63) is 71.3 Å². The Morgan fingerprint density at radius 3 is 2.34 bits per heavy atom. The van der Waals surface area contributed by atoms with Crippen LogP contribution in [0.4, 0.5) is 5.82 Å². The molecular weight excluding hydrogens is 526 g/mol. The van der Waals surface area contributed by atoms with Crippen molar-refractivity contribution >= 4 is 38.5 Å². The third-order valence-corrected chi connectivity index (χ3v) is 9.16. The smallest absolute Gasteiger partial charge is 0.167 e. The van der Waals surface area contributed by atoms with E-state index in [4.69, 9.17) is 10.5 Å². The van der Waals surface area contributed by atoms with E-state index < -0.39 is 55.2 Å². The van der Waals surface area contributed by atoms with E-state index in [1.165, 1.54) is 12.7 Å². The maximum atomic E-state index is 11.7. The number of fused-ring (bicyclic) bond motifs is 5. The Morgan fingerprint density at radius 1 is 0.878 bits per heavy atom. The maximum Gasteiger partial charge on any atom is 0.167 e. The average Bonchev–Trinajstić information content (AvgIpc) is 3.56. The lowest BCUT2D eigenvalue weighted by molar-refractivity contribution is -0.101. The zero-order chi connectivity index (χ0) is 28.7. The first kappa shape index (κ1) is 26.2. The molecule has 1 aliphatic heterocycles. The second kappa shape index (κ2) is 9.41. The van der Waals surface area contributed by atoms with Gasteiger partial charge in [0, 0.05) is 11.8 Å². The van der Waals surface area contributed by atoms with Gasteiger partial charge in [-0.2, -0.15) is 0 Å². The lowest BCUT2D eigenvalue weighted by Gasteiger charge is -2.43. The summed E-state index contributed by atoms with van der Waals surface area (Å²) in [6, 6.07) is 11.8. The fourth-order valence-electron chi connectivity index (χ4n) is 7.18. The number of hydrogen-bond acceptors (Lipinski definition) is 10. The van der Waals surface area contributed by atoms with Gasteiger partial charge in [0.1, 0.15) is 36.4 Å². The monoisotopic (exact) mass is 557 g/mol. The summed E-state index contributed by atoms with van der Waals surface area (Å²) in [5.74, 6) is -1.61. The number of aryl methyl sites for hydroxylation is 2. The van der Waals surface area contributed by atoms with Crippen molar-refractivity contribution in [1.82, 2.24) is 19.5 Å². The highest BCUT2D eigenvalue weighted by Crippen LogP contribution is 2.53. The van der Waals surface area contributed by atoms with Gasteiger partial charge in [-0.15, -0.1) is 0 Å². The molecule has 1 fully saturated rings. The van der Waals surface area contributed by atoms with Gasteiger partial charge in [-0.05, 0) is 57.6 Å². The molecule has 2 aromatic heterocycles. The van der Waals surface area contributed by atoms with Crippen LogP contribution >= 0.6 is 0 Å². The van der Waals surface area contributed by atoms with Gasteiger partial charge in [-0.1, -0.05) is 36.4 Å². The Balaban J connectivity index is 1.52. The summed E-state index contributed by atoms with van der Waals surface area (Å²) >= 11 is 0. The third kappa shape index (κ3) is 3.57. The zero-order valence-electron chi connectivity index (χ0n) is 22.5. The number of aromatic nitrogens is 4. The van der Waals surface area contributed by atoms with Crippen molar-refractivity contribution in [2.75, 3.05) is 12.3 Å². The Hall–Kier alpha value is -3.71. The molecule has 3 aromatic carbocycles. The predicted octanol–water partition coefficient (Wildman–Crippen LogP) is 1.75. The van der Waals surface area contributed by atoms with Crippen LogP contribution in [-0.2, 0) is 4.74 Å². The number of benzene rings is 3. The highest BCUT2D eigenvalue weighted by molar-refractivity contribution is 6.07. The van der Waals surface area contributed by atoms with Gasteiger partial charge >= 0.3 is 0 Å². The molecule has 11 nitrogen and oxygen atoms in total. The SMILES string of the molecule is Cc1c2ccccc2c(C)c2c3c(ccc12)[C@H](O)[C@@H](O)[C@@H](O)[C@@H]3[C@@H]1[C@H](O)[C@@H](CO)O[C@H]1n1cnc2c(N)ncnc21. The molecule has 2 aliphatic rings. The molecule has 41 heavy (non-hydrogen) atoms. The van der Waals surface area contributed by atoms with Gasteiger partial charge in [-0.25, -0.2) is 15.0 Å². The van der Waals surface area contributed by atoms with Crippen LogP contribution < -0.4 is 5.73 Å². The number of aliphatic hydroxyl groups is 5. The molecule has 7 N–H and O–H groups in total. The lowest BCUT2D eigenvalue weighted by atomic mass is 9.67. The molecule has 1 saturated heterocycles. The van der Waals surface area contributed by atoms with E-state index >= 15 is 0 Å². The summed E-state index contributed by atoms with van der Waals surface area (Å²) in [6.45, 7) is 3.57. The Bertz CT molecular complexity index is 1820. The minimum Gasteiger partial charge on any atom is -0.394 e. The number of imidazole rings is 1. The quantitative estimate of drug-likeness (QED) is 0.179. The van der Waals surface area contributed by atoms with Gasteiger partial charge in [0.15, 0.2) is 11.5 Å². The second-order valence-electron chi connectivity index (χ2n) is 11.1. The van der Waals surface area contributed by atoms with Crippen molar-refractivity contribution in [3.8, 4) is 0 Å². The molecule has 0 radical (unpaired) electrons. The first-order chi connectivity index (χ1) is 19.7. The lowest BCUT2D eigenvalue weighted by Crippen LogP contribution is -2.48. The summed E-state index contributed by atoms with van der Waals surface area (Å²) in [5.41, 5.74) is 9.83. The largest absolute Gasteiger partial charge is 0.394 e. The summed E-state index contributed by atoms with van der Waals surface area (Å²) < 4.78 is 7.82. The number of nitrogens with two attached hydrogens (primary N) is 1. The van der Waals surface area contributed by atoms with Crippen LogP contribution in [0.5, 0.6) is 0 Å². The molecular formula is C30H31N5O6. The standard InChI is InChI=1S/C30H31N5O6/c1-12-14-5-3-4-6-15(14)13(2)19-16(12)7-8-17-20(19)21(26(39)27(40)24(17)37)22-25(38)18(9-36)41-30(22)35-11-34-23-28(31)32-10-33-29(23)35/h3-8,10-11,18,21-22,24-27,30,36-40H,9H2,1-2H3,(H2,31,32,33)/t18-,21+,22-,24+,25-,26+,27-,30-/m1/s1. The number of aliphatic hydroxyl groups excluding tert-OH is 5. The summed E-state index contributed by atoms with van der Waals surface area (Å²) in [6.07, 6.45) is -4.73. The van der Waals surface area contributed by atoms with E-state index in [0.29, 0.717) is 22.3 Å². The topological polar surface area (TPSA) is 180 Å². The Kier molecular flexibility index (Phi) is 6.02. The van der Waals surface area contributed by atoms with E-state index in [1.54, 1.807) is 10.6 Å². The van der Waals surface area contributed by atoms with E-state index in [-0.39, 0.29) is 5.82 Å². The minimum atomic E-state index is -1.52. The first-order valence-electron chi connectivity index (χ1n) is 13.6. The van der Waals surface area contributed by atoms with Crippen LogP contribution in [0.15, 0.2) is 49.1 Å². The molecule has 0 unspecified atom stereocenters. The van der Waals surface area contributed by atoms with Gasteiger partial charge in [-0.3, -0.25) is 4.57 Å². The predicted molar refractivity (Wildman–Crippen MR) is 151 cm³/mol. The van der Waals surface area contributed by atoms with Gasteiger partial charge < -0.3 is 36.0 Å². The van der Waals surface area contributed by atoms with Crippen molar-refractivity contribution < 1.29 is 30.3 Å². The van der Waals surface area contributed by atoms with Crippen LogP contribution in [0.3, 0.4) is 0 Å². The summed E-state index contributed by atoms with van der Waals surface area (Å²) in [5, 5.41) is 59.7. The molecule has 0 amide bonds. The average molecular weight is 558 g/mol. The Labute approximate surface area is 234 Å². The second-order valence-corrected chi connectivity index (χ2v) is 11.1. The van der Waals surface area contributed by atoms with Crippen LogP contribution in [0, 0.1) is 19.8 Å². The number of ether oxygens (including phenoxy) is 1. The van der Waals surface area contributed by atoms with E-state index in [9.17, 15) is 25.5 Å². The molecule has 8 atom stereocenters. The number of rotatable bonds is 3. The molecule has 7 rings (SSSR count). The fraction of sp³-hybridized carbons (Fsp3) is 0.367. The van der Waals surface area contributed by atoms with Crippen molar-refractivity contribution in [3.63, 3.8) is 0 Å². The summed E-state index contributed by atoms with van der Waals surface area (Å²) in [4.78, 5) is 12.7. The van der Waals surface area contributed by atoms with Gasteiger partial charge in [0.05, 0.1) is 25.1 Å². The Morgan fingerprint density at radius 2 is 1.61 bits per heavy atom. The van der Waals surface area contributed by atoms with E-state index in [1.807, 2.05) is 38.1 Å². The summed E-state index contributed by atoms with van der Waals surface area (Å²) in [7, 11) is 0. The highest BCUT2D eigenvalue weighted by Gasteiger charge is 2.55. The molecule has 5 aromatic rings. The van der Waals surface area contributed by atoms with Crippen LogP contribution in [-0.4, -0.2) is 76.1 Å². The molecule has 0 bridgehead atoms. The number of nitrogen functional groups attached to an aromatic ring is 1. The van der Waals surface area contributed by atoms with Crippen molar-refractivity contribution in [2.24, 2.45) is 5.92 Å². The fourth-order valence-corrected chi connectivity index (χ4v) is 7.18. The number of nitrogens with zero attached hydrogens (tertiary/aromatic N) is 4. The van der Waals surface area contributed by atoms with Crippen LogP contribution in [0.25, 0.3) is 32.7 Å². The molecule has 3 heterocycles.